The Balaban J connectivity index is 1.34. The van der Waals surface area contributed by atoms with Gasteiger partial charge in [0.15, 0.2) is 5.82 Å². The van der Waals surface area contributed by atoms with Gasteiger partial charge in [-0.25, -0.2) is 13.8 Å². The lowest BCUT2D eigenvalue weighted by Gasteiger charge is -2.31. The van der Waals surface area contributed by atoms with Crippen molar-refractivity contribution >= 4 is 27.9 Å². The number of rotatable bonds is 5. The minimum Gasteiger partial charge on any atom is -0.384 e. The molecule has 1 aliphatic rings. The van der Waals surface area contributed by atoms with E-state index < -0.39 is 11.6 Å². The topological polar surface area (TPSA) is 41.1 Å². The van der Waals surface area contributed by atoms with Crippen LogP contribution in [0.1, 0.15) is 23.5 Å². The third-order valence-electron chi connectivity index (χ3n) is 5.10. The van der Waals surface area contributed by atoms with Crippen LogP contribution in [0, 0.1) is 24.5 Å². The maximum Gasteiger partial charge on any atom is 0.152 e. The third kappa shape index (κ3) is 4.25. The number of likely N-dealkylation sites (tertiary alicyclic amines) is 1. The van der Waals surface area contributed by atoms with Gasteiger partial charge in [0.25, 0.3) is 0 Å². The molecule has 1 fully saturated rings. The molecular weight excluding hydrogens is 366 g/mol. The lowest BCUT2D eigenvalue weighted by Crippen LogP contribution is -2.35. The quantitative estimate of drug-likeness (QED) is 0.693. The van der Waals surface area contributed by atoms with Crippen LogP contribution in [0.25, 0.3) is 10.9 Å². The van der Waals surface area contributed by atoms with Crippen LogP contribution in [0.4, 0.5) is 14.5 Å². The predicted molar refractivity (Wildman–Crippen MR) is 105 cm³/mol. The lowest BCUT2D eigenvalue weighted by atomic mass is 9.96. The first kappa shape index (κ1) is 18.3. The molecule has 4 nitrogen and oxygen atoms in total. The number of nitrogens with zero attached hydrogens (tertiary/aromatic N) is 3. The molecule has 0 bridgehead atoms. The number of nitrogens with one attached hydrogen (secondary N) is 1. The molecule has 0 unspecified atom stereocenters. The smallest absolute Gasteiger partial charge is 0.152 e. The SMILES string of the molecule is Cc1nc(CN2CCC(CNc3ccnc4c(F)cc(F)cc34)CC2)cs1. The van der Waals surface area contributed by atoms with Crippen LogP contribution in [0.3, 0.4) is 0 Å². The van der Waals surface area contributed by atoms with Gasteiger partial charge in [0.1, 0.15) is 11.3 Å². The van der Waals surface area contributed by atoms with Gasteiger partial charge in [-0.05, 0) is 50.9 Å². The summed E-state index contributed by atoms with van der Waals surface area (Å²) < 4.78 is 27.5. The highest BCUT2D eigenvalue weighted by Gasteiger charge is 2.20. The largest absolute Gasteiger partial charge is 0.384 e. The molecule has 0 saturated carbocycles. The van der Waals surface area contributed by atoms with Gasteiger partial charge in [0, 0.05) is 41.8 Å². The van der Waals surface area contributed by atoms with Crippen LogP contribution < -0.4 is 5.32 Å². The van der Waals surface area contributed by atoms with Crippen LogP contribution in [-0.2, 0) is 6.54 Å². The molecule has 2 aromatic heterocycles. The predicted octanol–water partition coefficient (Wildman–Crippen LogP) is 4.60. The Morgan fingerprint density at radius 2 is 2.07 bits per heavy atom. The van der Waals surface area contributed by atoms with Crippen LogP contribution in [-0.4, -0.2) is 34.5 Å². The fourth-order valence-corrected chi connectivity index (χ4v) is 4.25. The highest BCUT2D eigenvalue weighted by Crippen LogP contribution is 2.26. The normalized spacial score (nSPS) is 16.1. The number of benzene rings is 1. The van der Waals surface area contributed by atoms with Crippen molar-refractivity contribution in [3.63, 3.8) is 0 Å². The Morgan fingerprint density at radius 1 is 1.26 bits per heavy atom. The molecular formula is C20H22F2N4S. The minimum absolute atomic E-state index is 0.203. The molecule has 0 amide bonds. The van der Waals surface area contributed by atoms with Gasteiger partial charge in [-0.15, -0.1) is 11.3 Å². The van der Waals surface area contributed by atoms with Gasteiger partial charge < -0.3 is 5.32 Å². The molecule has 1 N–H and O–H groups in total. The summed E-state index contributed by atoms with van der Waals surface area (Å²) in [5, 5.41) is 7.12. The average molecular weight is 388 g/mol. The zero-order chi connectivity index (χ0) is 18.8. The molecule has 1 aliphatic heterocycles. The number of pyridine rings is 1. The minimum atomic E-state index is -0.626. The van der Waals surface area contributed by atoms with Crippen molar-refractivity contribution in [2.75, 3.05) is 25.0 Å². The van der Waals surface area contributed by atoms with E-state index in [-0.39, 0.29) is 5.52 Å². The first-order valence-electron chi connectivity index (χ1n) is 9.19. The molecule has 0 atom stereocenters. The number of thiazole rings is 1. The number of hydrogen-bond acceptors (Lipinski definition) is 5. The standard InChI is InChI=1S/C20H22F2N4S/c1-13-25-16(12-27-13)11-26-6-3-14(4-7-26)10-24-19-2-5-23-20-17(19)8-15(21)9-18(20)22/h2,5,8-9,12,14H,3-4,6-7,10-11H2,1H3,(H,23,24). The number of halogens is 2. The average Bonchev–Trinajstić information content (AvgIpc) is 3.06. The number of anilines is 1. The lowest BCUT2D eigenvalue weighted by molar-refractivity contribution is 0.181. The molecule has 1 saturated heterocycles. The third-order valence-corrected chi connectivity index (χ3v) is 5.93. The highest BCUT2D eigenvalue weighted by atomic mass is 32.1. The van der Waals surface area contributed by atoms with Crippen molar-refractivity contribution in [1.29, 1.82) is 0 Å². The second-order valence-electron chi connectivity index (χ2n) is 7.10. The summed E-state index contributed by atoms with van der Waals surface area (Å²) in [6.45, 7) is 5.83. The molecule has 142 valence electrons. The van der Waals surface area contributed by atoms with E-state index in [4.69, 9.17) is 0 Å². The number of aryl methyl sites for hydroxylation is 1. The summed E-state index contributed by atoms with van der Waals surface area (Å²) in [7, 11) is 0. The van der Waals surface area contributed by atoms with E-state index in [1.165, 1.54) is 6.07 Å². The summed E-state index contributed by atoms with van der Waals surface area (Å²) in [5.41, 5.74) is 2.09. The monoisotopic (exact) mass is 388 g/mol. The van der Waals surface area contributed by atoms with E-state index in [1.54, 1.807) is 23.6 Å². The maximum absolute atomic E-state index is 13.9. The number of aromatic nitrogens is 2. The van der Waals surface area contributed by atoms with Gasteiger partial charge in [-0.3, -0.25) is 9.88 Å². The summed E-state index contributed by atoms with van der Waals surface area (Å²) in [5.74, 6) is -0.666. The molecule has 1 aromatic carbocycles. The van der Waals surface area contributed by atoms with Crippen LogP contribution >= 0.6 is 11.3 Å². The molecule has 7 heteroatoms. The van der Waals surface area contributed by atoms with Crippen molar-refractivity contribution in [2.24, 2.45) is 5.92 Å². The van der Waals surface area contributed by atoms with Crippen molar-refractivity contribution in [3.05, 3.63) is 52.1 Å². The fraction of sp³-hybridized carbons (Fsp3) is 0.400. The van der Waals surface area contributed by atoms with E-state index in [1.807, 2.05) is 6.92 Å². The highest BCUT2D eigenvalue weighted by molar-refractivity contribution is 7.09. The Hall–Kier alpha value is -2.12. The first-order chi connectivity index (χ1) is 13.1. The molecule has 27 heavy (non-hydrogen) atoms. The number of piperidine rings is 1. The van der Waals surface area contributed by atoms with Gasteiger partial charge >= 0.3 is 0 Å². The van der Waals surface area contributed by atoms with E-state index in [2.05, 4.69) is 25.6 Å². The summed E-state index contributed by atoms with van der Waals surface area (Å²) in [4.78, 5) is 11.0. The second kappa shape index (κ2) is 7.86. The Kier molecular flexibility index (Phi) is 5.31. The molecule has 0 radical (unpaired) electrons. The molecule has 3 heterocycles. The van der Waals surface area contributed by atoms with Crippen molar-refractivity contribution < 1.29 is 8.78 Å². The van der Waals surface area contributed by atoms with Crippen LogP contribution in [0.5, 0.6) is 0 Å². The van der Waals surface area contributed by atoms with E-state index in [9.17, 15) is 8.78 Å². The zero-order valence-corrected chi connectivity index (χ0v) is 16.0. The van der Waals surface area contributed by atoms with Crippen LogP contribution in [0.15, 0.2) is 29.8 Å². The maximum atomic E-state index is 13.9. The summed E-state index contributed by atoms with van der Waals surface area (Å²) in [6.07, 6.45) is 3.76. The number of hydrogen-bond donors (Lipinski definition) is 1. The van der Waals surface area contributed by atoms with Crippen molar-refractivity contribution in [1.82, 2.24) is 14.9 Å². The second-order valence-corrected chi connectivity index (χ2v) is 8.16. The van der Waals surface area contributed by atoms with Crippen molar-refractivity contribution in [3.8, 4) is 0 Å². The van der Waals surface area contributed by atoms with Crippen LogP contribution in [0.2, 0.25) is 0 Å². The number of fused-ring (bicyclic) bond motifs is 1. The van der Waals surface area contributed by atoms with Crippen molar-refractivity contribution in [2.45, 2.75) is 26.3 Å². The first-order valence-corrected chi connectivity index (χ1v) is 10.1. The van der Waals surface area contributed by atoms with E-state index in [0.29, 0.717) is 11.3 Å². The van der Waals surface area contributed by atoms with Gasteiger partial charge in [-0.1, -0.05) is 0 Å². The molecule has 0 aliphatic carbocycles. The Morgan fingerprint density at radius 3 is 2.81 bits per heavy atom. The Bertz CT molecular complexity index is 935. The molecule has 4 rings (SSSR count). The summed E-state index contributed by atoms with van der Waals surface area (Å²) >= 11 is 1.70. The molecule has 0 spiro atoms. The van der Waals surface area contributed by atoms with Gasteiger partial charge in [0.05, 0.1) is 10.7 Å². The Labute approximate surface area is 161 Å². The van der Waals surface area contributed by atoms with E-state index in [0.717, 1.165) is 61.5 Å². The molecule has 3 aromatic rings. The van der Waals surface area contributed by atoms with Gasteiger partial charge in [0.2, 0.25) is 0 Å². The zero-order valence-electron chi connectivity index (χ0n) is 15.2. The summed E-state index contributed by atoms with van der Waals surface area (Å²) in [6, 6.07) is 3.99. The van der Waals surface area contributed by atoms with Gasteiger partial charge in [-0.2, -0.15) is 0 Å². The van der Waals surface area contributed by atoms with E-state index >= 15 is 0 Å². The fourth-order valence-electron chi connectivity index (χ4n) is 3.65.